The molecule has 2 N–H and O–H groups in total. The molecule has 106 valence electrons. The van der Waals surface area contributed by atoms with E-state index in [1.807, 2.05) is 42.5 Å². The van der Waals surface area contributed by atoms with E-state index in [9.17, 15) is 5.11 Å². The summed E-state index contributed by atoms with van der Waals surface area (Å²) in [5, 5.41) is 15.9. The molecule has 0 aliphatic rings. The van der Waals surface area contributed by atoms with E-state index in [1.54, 1.807) is 0 Å². The molecule has 0 aliphatic carbocycles. The molecule has 0 amide bonds. The van der Waals surface area contributed by atoms with E-state index in [2.05, 4.69) is 37.4 Å². The predicted molar refractivity (Wildman–Crippen MR) is 88.8 cm³/mol. The van der Waals surface area contributed by atoms with E-state index in [1.165, 1.54) is 5.56 Å². The lowest BCUT2D eigenvalue weighted by Gasteiger charge is -2.18. The summed E-state index contributed by atoms with van der Waals surface area (Å²) in [5.74, 6) is 0.362. The first kappa shape index (κ1) is 13.5. The average molecular weight is 277 g/mol. The van der Waals surface area contributed by atoms with Gasteiger partial charge in [-0.3, -0.25) is 0 Å². The molecule has 0 fully saturated rings. The molecular formula is C19H19NO. The van der Waals surface area contributed by atoms with Crippen molar-refractivity contribution in [1.82, 2.24) is 0 Å². The lowest BCUT2D eigenvalue weighted by molar-refractivity contribution is 0.472. The van der Waals surface area contributed by atoms with Crippen LogP contribution >= 0.6 is 0 Å². The minimum absolute atomic E-state index is 0.0383. The summed E-state index contributed by atoms with van der Waals surface area (Å²) in [6.45, 7) is 4.13. The smallest absolute Gasteiger partial charge is 0.128 e. The van der Waals surface area contributed by atoms with Gasteiger partial charge in [0.1, 0.15) is 5.75 Å². The molecular weight excluding hydrogens is 258 g/mol. The highest BCUT2D eigenvalue weighted by Crippen LogP contribution is 2.33. The van der Waals surface area contributed by atoms with Gasteiger partial charge in [0.15, 0.2) is 0 Å². The number of nitrogens with one attached hydrogen (secondary N) is 1. The molecule has 3 aromatic rings. The number of aromatic hydroxyl groups is 1. The molecule has 0 heterocycles. The van der Waals surface area contributed by atoms with Crippen molar-refractivity contribution in [2.24, 2.45) is 0 Å². The molecule has 0 aliphatic heterocycles. The van der Waals surface area contributed by atoms with Gasteiger partial charge >= 0.3 is 0 Å². The quantitative estimate of drug-likeness (QED) is 0.704. The molecule has 0 saturated heterocycles. The molecule has 1 unspecified atom stereocenters. The van der Waals surface area contributed by atoms with Crippen LogP contribution in [0.15, 0.2) is 60.7 Å². The molecule has 2 nitrogen and oxygen atoms in total. The first-order chi connectivity index (χ1) is 10.1. The fourth-order valence-corrected chi connectivity index (χ4v) is 2.68. The van der Waals surface area contributed by atoms with Crippen molar-refractivity contribution in [3.63, 3.8) is 0 Å². The third-order valence-electron chi connectivity index (χ3n) is 3.80. The summed E-state index contributed by atoms with van der Waals surface area (Å²) in [7, 11) is 0. The van der Waals surface area contributed by atoms with E-state index < -0.39 is 0 Å². The Morgan fingerprint density at radius 1 is 0.952 bits per heavy atom. The van der Waals surface area contributed by atoms with Gasteiger partial charge in [0, 0.05) is 16.6 Å². The Morgan fingerprint density at radius 3 is 2.57 bits per heavy atom. The number of rotatable bonds is 3. The summed E-state index contributed by atoms with van der Waals surface area (Å²) in [5.41, 5.74) is 3.19. The Balaban J connectivity index is 1.94. The molecule has 3 aromatic carbocycles. The molecule has 0 radical (unpaired) electrons. The van der Waals surface area contributed by atoms with E-state index in [4.69, 9.17) is 0 Å². The molecule has 0 saturated carbocycles. The van der Waals surface area contributed by atoms with Crippen LogP contribution in [-0.4, -0.2) is 5.11 Å². The highest BCUT2D eigenvalue weighted by atomic mass is 16.3. The van der Waals surface area contributed by atoms with Crippen molar-refractivity contribution in [1.29, 1.82) is 0 Å². The maximum absolute atomic E-state index is 10.5. The van der Waals surface area contributed by atoms with E-state index >= 15 is 0 Å². The Bertz CT molecular complexity index is 779. The third kappa shape index (κ3) is 2.70. The van der Waals surface area contributed by atoms with Crippen LogP contribution in [0.4, 0.5) is 5.69 Å². The van der Waals surface area contributed by atoms with Gasteiger partial charge in [0.2, 0.25) is 0 Å². The SMILES string of the molecule is Cc1cccc(NC(C)c2ccc3ccccc3c2O)c1. The predicted octanol–water partition coefficient (Wildman–Crippen LogP) is 5.03. The van der Waals surface area contributed by atoms with Gasteiger partial charge in [0.05, 0.1) is 6.04 Å². The monoisotopic (exact) mass is 277 g/mol. The topological polar surface area (TPSA) is 32.3 Å². The minimum atomic E-state index is 0.0383. The van der Waals surface area contributed by atoms with Crippen molar-refractivity contribution in [2.45, 2.75) is 19.9 Å². The number of hydrogen-bond donors (Lipinski definition) is 2. The van der Waals surface area contributed by atoms with Gasteiger partial charge in [0.25, 0.3) is 0 Å². The first-order valence-corrected chi connectivity index (χ1v) is 7.19. The zero-order valence-electron chi connectivity index (χ0n) is 12.3. The number of anilines is 1. The standard InChI is InChI=1S/C19H19NO/c1-13-6-5-8-16(12-13)20-14(2)17-11-10-15-7-3-4-9-18(15)19(17)21/h3-12,14,20-21H,1-2H3. The number of hydrogen-bond acceptors (Lipinski definition) is 2. The second kappa shape index (κ2) is 5.49. The maximum atomic E-state index is 10.5. The Kier molecular flexibility index (Phi) is 3.53. The number of aryl methyl sites for hydroxylation is 1. The largest absolute Gasteiger partial charge is 0.507 e. The molecule has 21 heavy (non-hydrogen) atoms. The molecule has 0 bridgehead atoms. The van der Waals surface area contributed by atoms with Crippen LogP contribution in [0.1, 0.15) is 24.1 Å². The van der Waals surface area contributed by atoms with E-state index in [0.717, 1.165) is 22.0 Å². The van der Waals surface area contributed by atoms with Crippen LogP contribution in [0, 0.1) is 6.92 Å². The lowest BCUT2D eigenvalue weighted by atomic mass is 10.0. The molecule has 0 aromatic heterocycles. The van der Waals surface area contributed by atoms with Crippen LogP contribution in [0.2, 0.25) is 0 Å². The van der Waals surface area contributed by atoms with Crippen LogP contribution in [0.5, 0.6) is 5.75 Å². The van der Waals surface area contributed by atoms with Gasteiger partial charge in [-0.2, -0.15) is 0 Å². The van der Waals surface area contributed by atoms with Gasteiger partial charge in [-0.1, -0.05) is 48.5 Å². The molecule has 2 heteroatoms. The zero-order chi connectivity index (χ0) is 14.8. The zero-order valence-corrected chi connectivity index (χ0v) is 12.3. The average Bonchev–Trinajstić information content (AvgIpc) is 2.48. The first-order valence-electron chi connectivity index (χ1n) is 7.19. The number of fused-ring (bicyclic) bond motifs is 1. The Morgan fingerprint density at radius 2 is 1.76 bits per heavy atom. The van der Waals surface area contributed by atoms with Crippen molar-refractivity contribution in [3.05, 3.63) is 71.8 Å². The van der Waals surface area contributed by atoms with Gasteiger partial charge < -0.3 is 10.4 Å². The Hall–Kier alpha value is -2.48. The van der Waals surface area contributed by atoms with Crippen LogP contribution in [-0.2, 0) is 0 Å². The second-order valence-corrected chi connectivity index (χ2v) is 5.46. The van der Waals surface area contributed by atoms with Crippen molar-refractivity contribution < 1.29 is 5.11 Å². The second-order valence-electron chi connectivity index (χ2n) is 5.46. The molecule has 1 atom stereocenters. The Labute approximate surface area is 125 Å². The summed E-state index contributed by atoms with van der Waals surface area (Å²) in [6.07, 6.45) is 0. The summed E-state index contributed by atoms with van der Waals surface area (Å²) < 4.78 is 0. The number of benzene rings is 3. The minimum Gasteiger partial charge on any atom is -0.507 e. The van der Waals surface area contributed by atoms with E-state index in [0.29, 0.717) is 5.75 Å². The highest BCUT2D eigenvalue weighted by molar-refractivity contribution is 5.89. The fraction of sp³-hybridized carbons (Fsp3) is 0.158. The van der Waals surface area contributed by atoms with Crippen LogP contribution < -0.4 is 5.32 Å². The fourth-order valence-electron chi connectivity index (χ4n) is 2.68. The maximum Gasteiger partial charge on any atom is 0.128 e. The van der Waals surface area contributed by atoms with Crippen LogP contribution in [0.25, 0.3) is 10.8 Å². The molecule has 3 rings (SSSR count). The summed E-state index contributed by atoms with van der Waals surface area (Å²) in [6, 6.07) is 20.2. The van der Waals surface area contributed by atoms with Gasteiger partial charge in [-0.25, -0.2) is 0 Å². The van der Waals surface area contributed by atoms with Gasteiger partial charge in [-0.15, -0.1) is 0 Å². The summed E-state index contributed by atoms with van der Waals surface area (Å²) >= 11 is 0. The van der Waals surface area contributed by atoms with Crippen molar-refractivity contribution in [2.75, 3.05) is 5.32 Å². The lowest BCUT2D eigenvalue weighted by Crippen LogP contribution is -2.07. The number of phenolic OH excluding ortho intramolecular Hbond substituents is 1. The van der Waals surface area contributed by atoms with Crippen molar-refractivity contribution >= 4 is 16.5 Å². The van der Waals surface area contributed by atoms with Crippen LogP contribution in [0.3, 0.4) is 0 Å². The molecule has 0 spiro atoms. The summed E-state index contributed by atoms with van der Waals surface area (Å²) in [4.78, 5) is 0. The highest BCUT2D eigenvalue weighted by Gasteiger charge is 2.12. The third-order valence-corrected chi connectivity index (χ3v) is 3.80. The van der Waals surface area contributed by atoms with E-state index in [-0.39, 0.29) is 6.04 Å². The van der Waals surface area contributed by atoms with Crippen molar-refractivity contribution in [3.8, 4) is 5.75 Å². The normalized spacial score (nSPS) is 12.3. The van der Waals surface area contributed by atoms with Gasteiger partial charge in [-0.05, 0) is 36.9 Å². The number of phenols is 1.